The van der Waals surface area contributed by atoms with Crippen molar-refractivity contribution in [3.63, 3.8) is 0 Å². The molecule has 0 unspecified atom stereocenters. The highest BCUT2D eigenvalue weighted by atomic mass is 16.7. The standard InChI is InChI=1S/C20H35NO16/c1-5(24)21-9-12(27)10(25)6(2-22)35-19(9)33-4-8-11(26)13(28)16(31)20(36-8)37-17-7(3-23)34-18(32)15(30)14(17)29/h6-20,22-23,25-32H,2-4H2,1H3,(H,21,24)/t6-,7-,8-,9-,10-,11+,12-,13+,14-,15-,16-,17-,18+,19-,20+/m1/s1. The smallest absolute Gasteiger partial charge is 0.217 e. The summed E-state index contributed by atoms with van der Waals surface area (Å²) in [5.74, 6) is -0.601. The van der Waals surface area contributed by atoms with Gasteiger partial charge in [-0.15, -0.1) is 0 Å². The zero-order valence-electron chi connectivity index (χ0n) is 19.7. The molecule has 0 bridgehead atoms. The molecule has 17 nitrogen and oxygen atoms in total. The van der Waals surface area contributed by atoms with E-state index in [1.807, 2.05) is 0 Å². The number of hydrogen-bond acceptors (Lipinski definition) is 16. The van der Waals surface area contributed by atoms with Crippen LogP contribution < -0.4 is 5.32 Å². The van der Waals surface area contributed by atoms with Crippen LogP contribution in [0.25, 0.3) is 0 Å². The first kappa shape index (κ1) is 30.4. The highest BCUT2D eigenvalue weighted by Crippen LogP contribution is 2.30. The lowest BCUT2D eigenvalue weighted by Gasteiger charge is -2.46. The highest BCUT2D eigenvalue weighted by molar-refractivity contribution is 5.73. The van der Waals surface area contributed by atoms with E-state index in [9.17, 15) is 55.9 Å². The van der Waals surface area contributed by atoms with Crippen LogP contribution >= 0.6 is 0 Å². The fourth-order valence-electron chi connectivity index (χ4n) is 4.36. The van der Waals surface area contributed by atoms with Gasteiger partial charge in [0.1, 0.15) is 73.2 Å². The Balaban J connectivity index is 1.71. The summed E-state index contributed by atoms with van der Waals surface area (Å²) in [6.07, 6.45) is -23.0. The Labute approximate surface area is 210 Å². The van der Waals surface area contributed by atoms with Crippen molar-refractivity contribution in [3.05, 3.63) is 0 Å². The molecule has 0 saturated carbocycles. The summed E-state index contributed by atoms with van der Waals surface area (Å²) in [4.78, 5) is 11.6. The number of amides is 1. The van der Waals surface area contributed by atoms with Crippen LogP contribution in [0.3, 0.4) is 0 Å². The number of aliphatic hydroxyl groups excluding tert-OH is 10. The predicted molar refractivity (Wildman–Crippen MR) is 113 cm³/mol. The average molecular weight is 545 g/mol. The maximum absolute atomic E-state index is 11.6. The number of rotatable bonds is 8. The number of ether oxygens (including phenoxy) is 5. The largest absolute Gasteiger partial charge is 0.394 e. The Bertz CT molecular complexity index is 745. The van der Waals surface area contributed by atoms with Crippen molar-refractivity contribution in [2.75, 3.05) is 19.8 Å². The van der Waals surface area contributed by atoms with E-state index in [1.165, 1.54) is 0 Å². The van der Waals surface area contributed by atoms with E-state index in [2.05, 4.69) is 5.32 Å². The minimum atomic E-state index is -1.88. The lowest BCUT2D eigenvalue weighted by Crippen LogP contribution is -2.66. The Hall–Kier alpha value is -1.13. The maximum Gasteiger partial charge on any atom is 0.217 e. The Kier molecular flexibility index (Phi) is 10.5. The van der Waals surface area contributed by atoms with Gasteiger partial charge in [0.05, 0.1) is 19.8 Å². The summed E-state index contributed by atoms with van der Waals surface area (Å²) >= 11 is 0. The van der Waals surface area contributed by atoms with Crippen LogP contribution in [0.1, 0.15) is 6.92 Å². The zero-order valence-corrected chi connectivity index (χ0v) is 19.7. The third-order valence-corrected chi connectivity index (χ3v) is 6.47. The van der Waals surface area contributed by atoms with Crippen molar-refractivity contribution >= 4 is 5.91 Å². The Morgan fingerprint density at radius 2 is 1.30 bits per heavy atom. The van der Waals surface area contributed by atoms with Crippen LogP contribution in [-0.4, -0.2) is 169 Å². The van der Waals surface area contributed by atoms with Gasteiger partial charge in [-0.3, -0.25) is 4.79 Å². The predicted octanol–water partition coefficient (Wildman–Crippen LogP) is -7.43. The van der Waals surface area contributed by atoms with E-state index in [4.69, 9.17) is 23.7 Å². The van der Waals surface area contributed by atoms with E-state index in [-0.39, 0.29) is 0 Å². The molecule has 3 rings (SSSR count). The van der Waals surface area contributed by atoms with Crippen LogP contribution in [0.15, 0.2) is 0 Å². The van der Waals surface area contributed by atoms with Crippen LogP contribution in [0.2, 0.25) is 0 Å². The SMILES string of the molecule is CC(=O)N[C@H]1[C@H](OC[C@H]2O[C@@H](O[C@H]3[C@H](O)[C@@H](O)[C@@H](O)O[C@@H]3CO)[C@H](O)[C@@H](O)[C@H]2O)O[C@H](CO)[C@@H](O)[C@@H]1O. The lowest BCUT2D eigenvalue weighted by molar-refractivity contribution is -0.360. The number of carbonyl (C=O) groups is 1. The molecule has 15 atom stereocenters. The second kappa shape index (κ2) is 12.8. The summed E-state index contributed by atoms with van der Waals surface area (Å²) in [5.41, 5.74) is 0. The topological polar surface area (TPSA) is 278 Å². The van der Waals surface area contributed by atoms with Crippen molar-refractivity contribution < 1.29 is 79.5 Å². The molecular weight excluding hydrogens is 510 g/mol. The number of aliphatic hydroxyl groups is 10. The molecule has 1 amide bonds. The maximum atomic E-state index is 11.6. The van der Waals surface area contributed by atoms with Crippen molar-refractivity contribution in [3.8, 4) is 0 Å². The van der Waals surface area contributed by atoms with E-state index >= 15 is 0 Å². The molecular formula is C20H35NO16. The average Bonchev–Trinajstić information content (AvgIpc) is 2.86. The van der Waals surface area contributed by atoms with Gasteiger partial charge in [-0.25, -0.2) is 0 Å². The molecule has 37 heavy (non-hydrogen) atoms. The van der Waals surface area contributed by atoms with Gasteiger partial charge in [-0.2, -0.15) is 0 Å². The van der Waals surface area contributed by atoms with Crippen molar-refractivity contribution in [1.82, 2.24) is 5.32 Å². The normalized spacial score (nSPS) is 49.0. The summed E-state index contributed by atoms with van der Waals surface area (Å²) in [6, 6.07) is -1.30. The minimum Gasteiger partial charge on any atom is -0.394 e. The second-order valence-corrected chi connectivity index (χ2v) is 9.11. The van der Waals surface area contributed by atoms with Gasteiger partial charge in [-0.1, -0.05) is 0 Å². The summed E-state index contributed by atoms with van der Waals surface area (Å²) in [5, 5.41) is 103. The fraction of sp³-hybridized carbons (Fsp3) is 0.950. The number of hydrogen-bond donors (Lipinski definition) is 11. The molecule has 3 fully saturated rings. The van der Waals surface area contributed by atoms with Gasteiger partial charge < -0.3 is 80.1 Å². The molecule has 0 aromatic heterocycles. The molecule has 3 aliphatic rings. The summed E-state index contributed by atoms with van der Waals surface area (Å²) in [7, 11) is 0. The first-order valence-electron chi connectivity index (χ1n) is 11.6. The van der Waals surface area contributed by atoms with Crippen LogP contribution in [-0.2, 0) is 28.5 Å². The van der Waals surface area contributed by atoms with Gasteiger partial charge in [0.15, 0.2) is 18.9 Å². The summed E-state index contributed by atoms with van der Waals surface area (Å²) in [6.45, 7) is -0.926. The molecule has 0 spiro atoms. The van der Waals surface area contributed by atoms with E-state index in [0.29, 0.717) is 0 Å². The van der Waals surface area contributed by atoms with Gasteiger partial charge in [0.25, 0.3) is 0 Å². The first-order valence-corrected chi connectivity index (χ1v) is 11.6. The molecule has 216 valence electrons. The molecule has 17 heteroatoms. The third-order valence-electron chi connectivity index (χ3n) is 6.47. The molecule has 0 aliphatic carbocycles. The van der Waals surface area contributed by atoms with Gasteiger partial charge >= 0.3 is 0 Å². The van der Waals surface area contributed by atoms with E-state index in [1.54, 1.807) is 0 Å². The summed E-state index contributed by atoms with van der Waals surface area (Å²) < 4.78 is 26.9. The second-order valence-electron chi connectivity index (χ2n) is 9.11. The van der Waals surface area contributed by atoms with Crippen molar-refractivity contribution in [2.45, 2.75) is 99.0 Å². The lowest BCUT2D eigenvalue weighted by atomic mass is 9.96. The van der Waals surface area contributed by atoms with Crippen molar-refractivity contribution in [1.29, 1.82) is 0 Å². The van der Waals surface area contributed by atoms with Gasteiger partial charge in [-0.05, 0) is 0 Å². The molecule has 11 N–H and O–H groups in total. The van der Waals surface area contributed by atoms with Gasteiger partial charge in [0, 0.05) is 6.92 Å². The molecule has 0 aromatic carbocycles. The molecule has 3 aliphatic heterocycles. The monoisotopic (exact) mass is 545 g/mol. The molecule has 3 heterocycles. The number of nitrogens with one attached hydrogen (secondary N) is 1. The molecule has 0 radical (unpaired) electrons. The van der Waals surface area contributed by atoms with Crippen LogP contribution in [0.5, 0.6) is 0 Å². The quantitative estimate of drug-likeness (QED) is 0.135. The van der Waals surface area contributed by atoms with Gasteiger partial charge in [0.2, 0.25) is 5.91 Å². The first-order chi connectivity index (χ1) is 17.4. The third kappa shape index (κ3) is 6.55. The molecule has 3 saturated heterocycles. The Morgan fingerprint density at radius 1 is 0.703 bits per heavy atom. The zero-order chi connectivity index (χ0) is 27.6. The molecule has 0 aromatic rings. The van der Waals surface area contributed by atoms with E-state index in [0.717, 1.165) is 6.92 Å². The van der Waals surface area contributed by atoms with Crippen molar-refractivity contribution in [2.24, 2.45) is 0 Å². The van der Waals surface area contributed by atoms with Crippen LogP contribution in [0, 0.1) is 0 Å². The van der Waals surface area contributed by atoms with Crippen LogP contribution in [0.4, 0.5) is 0 Å². The number of carbonyl (C=O) groups excluding carboxylic acids is 1. The Morgan fingerprint density at radius 3 is 1.89 bits per heavy atom. The highest BCUT2D eigenvalue weighted by Gasteiger charge is 2.51. The fourth-order valence-corrected chi connectivity index (χ4v) is 4.36. The van der Waals surface area contributed by atoms with E-state index < -0.39 is 118 Å². The minimum absolute atomic E-state index is 0.596.